The van der Waals surface area contributed by atoms with Gasteiger partial charge in [-0.1, -0.05) is 123 Å². The van der Waals surface area contributed by atoms with Crippen LogP contribution >= 0.6 is 0 Å². The number of nitrogens with zero attached hydrogens (tertiary/aromatic N) is 1. The Kier molecular flexibility index (Phi) is 17.5. The van der Waals surface area contributed by atoms with Gasteiger partial charge < -0.3 is 0 Å². The third-order valence-corrected chi connectivity index (χ3v) is 5.99. The molecule has 1 heterocycles. The molecule has 0 aliphatic heterocycles. The third-order valence-electron chi connectivity index (χ3n) is 5.99. The molecule has 0 saturated heterocycles. The molecule has 0 aliphatic rings. The van der Waals surface area contributed by atoms with Gasteiger partial charge in [0.2, 0.25) is 0 Å². The number of pyridine rings is 1. The second-order valence-electron chi connectivity index (χ2n) is 8.86. The van der Waals surface area contributed by atoms with Gasteiger partial charge >= 0.3 is 0 Å². The summed E-state index contributed by atoms with van der Waals surface area (Å²) in [6.45, 7) is 4.58. The lowest BCUT2D eigenvalue weighted by Gasteiger charge is -2.06. The van der Waals surface area contributed by atoms with Crippen molar-refractivity contribution < 1.29 is 0 Å². The van der Waals surface area contributed by atoms with Crippen molar-refractivity contribution in [3.8, 4) is 0 Å². The molecular formula is C27H49N. The minimum Gasteiger partial charge on any atom is -0.264 e. The minimum atomic E-state index is 1.22. The first-order chi connectivity index (χ1) is 13.9. The van der Waals surface area contributed by atoms with Crippen molar-refractivity contribution in [2.24, 2.45) is 0 Å². The normalized spacial score (nSPS) is 11.2. The van der Waals surface area contributed by atoms with Gasteiger partial charge in [0, 0.05) is 12.4 Å². The number of aryl methyl sites for hydroxylation is 2. The molecule has 0 bridgehead atoms. The van der Waals surface area contributed by atoms with Crippen LogP contribution in [0.4, 0.5) is 0 Å². The van der Waals surface area contributed by atoms with Crippen molar-refractivity contribution in [1.29, 1.82) is 0 Å². The van der Waals surface area contributed by atoms with Crippen LogP contribution in [0.25, 0.3) is 0 Å². The Morgan fingerprint density at radius 3 is 1.14 bits per heavy atom. The lowest BCUT2D eigenvalue weighted by Crippen LogP contribution is -1.93. The summed E-state index contributed by atoms with van der Waals surface area (Å²) in [5, 5.41) is 0. The molecule has 0 spiro atoms. The zero-order valence-corrected chi connectivity index (χ0v) is 19.3. The number of rotatable bonds is 20. The molecule has 0 aliphatic carbocycles. The monoisotopic (exact) mass is 387 g/mol. The van der Waals surface area contributed by atoms with E-state index in [1.54, 1.807) is 0 Å². The lowest BCUT2D eigenvalue weighted by atomic mass is 10.0. The van der Waals surface area contributed by atoms with Crippen LogP contribution in [-0.4, -0.2) is 4.98 Å². The summed E-state index contributed by atoms with van der Waals surface area (Å²) in [6.07, 6.45) is 31.9. The number of hydrogen-bond acceptors (Lipinski definition) is 1. The molecule has 28 heavy (non-hydrogen) atoms. The fraction of sp³-hybridized carbons (Fsp3) is 0.815. The highest BCUT2D eigenvalue weighted by molar-refractivity contribution is 5.18. The Morgan fingerprint density at radius 2 is 0.786 bits per heavy atom. The highest BCUT2D eigenvalue weighted by atomic mass is 14.6. The Hall–Kier alpha value is -0.850. The van der Waals surface area contributed by atoms with Crippen molar-refractivity contribution in [2.75, 3.05) is 0 Å². The van der Waals surface area contributed by atoms with E-state index < -0.39 is 0 Å². The van der Waals surface area contributed by atoms with Gasteiger partial charge in [0.25, 0.3) is 0 Å². The average molecular weight is 388 g/mol. The summed E-state index contributed by atoms with van der Waals surface area (Å²) >= 11 is 0. The van der Waals surface area contributed by atoms with E-state index in [0.29, 0.717) is 0 Å². The molecule has 0 aromatic carbocycles. The molecule has 0 atom stereocenters. The predicted octanol–water partition coefficient (Wildman–Crippen LogP) is 9.23. The fourth-order valence-electron chi connectivity index (χ4n) is 4.09. The number of unbranched alkanes of at least 4 members (excludes halogenated alkanes) is 16. The molecule has 1 aromatic heterocycles. The van der Waals surface area contributed by atoms with Crippen molar-refractivity contribution in [3.63, 3.8) is 0 Å². The van der Waals surface area contributed by atoms with Gasteiger partial charge in [0.15, 0.2) is 0 Å². The maximum absolute atomic E-state index is 4.50. The SMILES string of the molecule is CCCCCCCCCCCc1cncc(CCCCCCCCCCC)c1. The first-order valence-electron chi connectivity index (χ1n) is 12.8. The largest absolute Gasteiger partial charge is 0.264 e. The standard InChI is InChI=1S/C27H49N/c1-3-5-7-9-11-13-15-17-19-21-26-23-27(25-28-24-26)22-20-18-16-14-12-10-8-6-4-2/h23-25H,3-22H2,1-2H3. The summed E-state index contributed by atoms with van der Waals surface area (Å²) in [5.41, 5.74) is 2.91. The van der Waals surface area contributed by atoms with Crippen molar-refractivity contribution in [2.45, 2.75) is 142 Å². The zero-order valence-electron chi connectivity index (χ0n) is 19.3. The highest BCUT2D eigenvalue weighted by Crippen LogP contribution is 2.15. The van der Waals surface area contributed by atoms with Crippen LogP contribution in [0, 0.1) is 0 Å². The molecule has 0 N–H and O–H groups in total. The highest BCUT2D eigenvalue weighted by Gasteiger charge is 1.99. The first-order valence-corrected chi connectivity index (χ1v) is 12.8. The zero-order chi connectivity index (χ0) is 20.1. The number of hydrogen-bond donors (Lipinski definition) is 0. The molecule has 1 aromatic rings. The van der Waals surface area contributed by atoms with Crippen LogP contribution in [-0.2, 0) is 12.8 Å². The summed E-state index contributed by atoms with van der Waals surface area (Å²) in [7, 11) is 0. The van der Waals surface area contributed by atoms with E-state index >= 15 is 0 Å². The summed E-state index contributed by atoms with van der Waals surface area (Å²) in [4.78, 5) is 4.50. The molecule has 0 saturated carbocycles. The molecule has 1 rings (SSSR count). The Morgan fingerprint density at radius 1 is 0.464 bits per heavy atom. The Bertz CT molecular complexity index is 402. The van der Waals surface area contributed by atoms with Crippen molar-refractivity contribution >= 4 is 0 Å². The van der Waals surface area contributed by atoms with Gasteiger partial charge in [-0.15, -0.1) is 0 Å². The maximum atomic E-state index is 4.50. The van der Waals surface area contributed by atoms with E-state index in [1.165, 1.54) is 140 Å². The molecule has 0 fully saturated rings. The molecule has 162 valence electrons. The van der Waals surface area contributed by atoms with E-state index in [9.17, 15) is 0 Å². The van der Waals surface area contributed by atoms with E-state index in [0.717, 1.165) is 0 Å². The smallest absolute Gasteiger partial charge is 0.0300 e. The Labute approximate surface area is 177 Å². The molecule has 0 unspecified atom stereocenters. The second kappa shape index (κ2) is 19.5. The summed E-state index contributed by atoms with van der Waals surface area (Å²) in [5.74, 6) is 0. The molecule has 0 radical (unpaired) electrons. The van der Waals surface area contributed by atoms with E-state index in [2.05, 4.69) is 37.3 Å². The van der Waals surface area contributed by atoms with E-state index in [-0.39, 0.29) is 0 Å². The topological polar surface area (TPSA) is 12.9 Å². The first kappa shape index (κ1) is 25.2. The van der Waals surface area contributed by atoms with Crippen LogP contribution in [0.3, 0.4) is 0 Å². The predicted molar refractivity (Wildman–Crippen MR) is 126 cm³/mol. The summed E-state index contributed by atoms with van der Waals surface area (Å²) in [6, 6.07) is 2.42. The quantitative estimate of drug-likeness (QED) is 0.203. The van der Waals surface area contributed by atoms with E-state index in [1.807, 2.05) is 0 Å². The lowest BCUT2D eigenvalue weighted by molar-refractivity contribution is 0.563. The van der Waals surface area contributed by atoms with Gasteiger partial charge in [0.1, 0.15) is 0 Å². The summed E-state index contributed by atoms with van der Waals surface area (Å²) < 4.78 is 0. The van der Waals surface area contributed by atoms with Crippen LogP contribution in [0.2, 0.25) is 0 Å². The molecule has 0 amide bonds. The van der Waals surface area contributed by atoms with Gasteiger partial charge in [-0.2, -0.15) is 0 Å². The van der Waals surface area contributed by atoms with Crippen LogP contribution in [0.5, 0.6) is 0 Å². The second-order valence-corrected chi connectivity index (χ2v) is 8.86. The van der Waals surface area contributed by atoms with E-state index in [4.69, 9.17) is 0 Å². The molecule has 1 nitrogen and oxygen atoms in total. The van der Waals surface area contributed by atoms with Crippen LogP contribution in [0.1, 0.15) is 141 Å². The van der Waals surface area contributed by atoms with Crippen molar-refractivity contribution in [1.82, 2.24) is 4.98 Å². The molecular weight excluding hydrogens is 338 g/mol. The average Bonchev–Trinajstić information content (AvgIpc) is 2.72. The van der Waals surface area contributed by atoms with Gasteiger partial charge in [-0.3, -0.25) is 4.98 Å². The van der Waals surface area contributed by atoms with Gasteiger partial charge in [-0.05, 0) is 36.8 Å². The third kappa shape index (κ3) is 15.1. The van der Waals surface area contributed by atoms with Crippen LogP contribution in [0.15, 0.2) is 18.5 Å². The fourth-order valence-corrected chi connectivity index (χ4v) is 4.09. The Balaban J connectivity index is 2.00. The maximum Gasteiger partial charge on any atom is 0.0300 e. The number of aromatic nitrogens is 1. The van der Waals surface area contributed by atoms with Crippen LogP contribution < -0.4 is 0 Å². The minimum absolute atomic E-state index is 1.22. The van der Waals surface area contributed by atoms with Gasteiger partial charge in [0.05, 0.1) is 0 Å². The molecule has 1 heteroatoms. The van der Waals surface area contributed by atoms with Crippen molar-refractivity contribution in [3.05, 3.63) is 29.6 Å². The van der Waals surface area contributed by atoms with Gasteiger partial charge in [-0.25, -0.2) is 0 Å².